The number of nitrogens with one attached hydrogen (secondary N) is 1. The standard InChI is InChI=1S/C26H28N4O3.C2H6.H2S/c1-19(17-20-5-3-2-4-6-20)18-29-14-11-22(12-15-29)28-24-25(31)30(16-13-27-24)23-9-7-21(8-10-23)26(32)33;1-2;/h2-10,13,16-17,22H,11-12,14-15,18H2,1H3,(H,27,28)(H,32,33);1-2H3;1H2/b19-17+;;. The molecule has 0 saturated carbocycles. The molecule has 1 fully saturated rings. The van der Waals surface area contributed by atoms with Gasteiger partial charge < -0.3 is 10.4 Å². The summed E-state index contributed by atoms with van der Waals surface area (Å²) in [4.78, 5) is 30.7. The lowest BCUT2D eigenvalue weighted by molar-refractivity contribution is 0.0697. The van der Waals surface area contributed by atoms with Gasteiger partial charge in [-0.1, -0.05) is 55.8 Å². The smallest absolute Gasteiger partial charge is 0.335 e. The van der Waals surface area contributed by atoms with E-state index in [0.717, 1.165) is 32.5 Å². The average molecular weight is 509 g/mol. The van der Waals surface area contributed by atoms with Gasteiger partial charge >= 0.3 is 5.97 Å². The Hall–Kier alpha value is -3.36. The molecule has 2 aromatic carbocycles. The van der Waals surface area contributed by atoms with E-state index in [1.54, 1.807) is 24.5 Å². The Morgan fingerprint density at radius 2 is 1.72 bits per heavy atom. The van der Waals surface area contributed by atoms with Crippen molar-refractivity contribution in [1.82, 2.24) is 14.5 Å². The predicted octanol–water partition coefficient (Wildman–Crippen LogP) is 5.05. The molecule has 192 valence electrons. The topological polar surface area (TPSA) is 87.5 Å². The van der Waals surface area contributed by atoms with Crippen LogP contribution in [-0.2, 0) is 0 Å². The molecule has 36 heavy (non-hydrogen) atoms. The summed E-state index contributed by atoms with van der Waals surface area (Å²) >= 11 is 0. The number of aromatic carboxylic acids is 1. The second-order valence-corrected chi connectivity index (χ2v) is 8.40. The lowest BCUT2D eigenvalue weighted by Gasteiger charge is -2.32. The minimum Gasteiger partial charge on any atom is -0.478 e. The Balaban J connectivity index is 0.00000148. The second kappa shape index (κ2) is 14.3. The van der Waals surface area contributed by atoms with Crippen LogP contribution in [0.2, 0.25) is 0 Å². The van der Waals surface area contributed by atoms with Crippen molar-refractivity contribution in [3.63, 3.8) is 0 Å². The van der Waals surface area contributed by atoms with Gasteiger partial charge in [0.25, 0.3) is 5.56 Å². The maximum Gasteiger partial charge on any atom is 0.335 e. The van der Waals surface area contributed by atoms with Gasteiger partial charge in [-0.15, -0.1) is 0 Å². The van der Waals surface area contributed by atoms with Crippen LogP contribution in [0.1, 0.15) is 49.5 Å². The minimum atomic E-state index is -0.997. The third-order valence-corrected chi connectivity index (χ3v) is 5.85. The molecule has 0 bridgehead atoms. The molecular formula is C28H36N4O3S. The Kier molecular flexibility index (Phi) is 11.4. The van der Waals surface area contributed by atoms with Gasteiger partial charge in [0.2, 0.25) is 0 Å². The first-order valence-corrected chi connectivity index (χ1v) is 12.1. The van der Waals surface area contributed by atoms with Crippen molar-refractivity contribution in [1.29, 1.82) is 0 Å². The Morgan fingerprint density at radius 1 is 1.08 bits per heavy atom. The summed E-state index contributed by atoms with van der Waals surface area (Å²) in [5.74, 6) is -0.679. The Bertz CT molecular complexity index is 1190. The molecule has 7 nitrogen and oxygen atoms in total. The molecule has 0 aliphatic carbocycles. The average Bonchev–Trinajstić information content (AvgIpc) is 2.88. The van der Waals surface area contributed by atoms with E-state index in [4.69, 9.17) is 5.11 Å². The molecule has 1 aliphatic heterocycles. The van der Waals surface area contributed by atoms with E-state index >= 15 is 0 Å². The van der Waals surface area contributed by atoms with Crippen LogP contribution in [0.3, 0.4) is 0 Å². The van der Waals surface area contributed by atoms with Gasteiger partial charge in [-0.3, -0.25) is 14.3 Å². The van der Waals surface area contributed by atoms with E-state index in [1.807, 2.05) is 32.0 Å². The Labute approximate surface area is 220 Å². The molecule has 8 heteroatoms. The lowest BCUT2D eigenvalue weighted by atomic mass is 10.0. The number of carbonyl (C=O) groups is 1. The molecule has 1 saturated heterocycles. The third-order valence-electron chi connectivity index (χ3n) is 5.85. The highest BCUT2D eigenvalue weighted by Crippen LogP contribution is 2.16. The first kappa shape index (κ1) is 28.9. The van der Waals surface area contributed by atoms with Crippen molar-refractivity contribution >= 4 is 31.4 Å². The number of nitrogens with zero attached hydrogens (tertiary/aromatic N) is 3. The maximum absolute atomic E-state index is 12.9. The van der Waals surface area contributed by atoms with Crippen LogP contribution in [0.25, 0.3) is 11.8 Å². The molecular weight excluding hydrogens is 472 g/mol. The fourth-order valence-corrected chi connectivity index (χ4v) is 4.14. The molecule has 0 radical (unpaired) electrons. The summed E-state index contributed by atoms with van der Waals surface area (Å²) in [5.41, 5.74) is 3.08. The number of likely N-dealkylation sites (tertiary alicyclic amines) is 1. The van der Waals surface area contributed by atoms with Gasteiger partial charge in [0.05, 0.1) is 5.56 Å². The monoisotopic (exact) mass is 508 g/mol. The molecule has 4 rings (SSSR count). The molecule has 0 unspecified atom stereocenters. The number of hydrogen-bond donors (Lipinski definition) is 2. The Morgan fingerprint density at radius 3 is 2.33 bits per heavy atom. The zero-order valence-electron chi connectivity index (χ0n) is 21.1. The number of aromatic nitrogens is 2. The summed E-state index contributed by atoms with van der Waals surface area (Å²) in [6.45, 7) is 9.01. The largest absolute Gasteiger partial charge is 0.478 e. The van der Waals surface area contributed by atoms with E-state index in [2.05, 4.69) is 40.3 Å². The molecule has 3 aromatic rings. The molecule has 1 aromatic heterocycles. The fraction of sp³-hybridized carbons (Fsp3) is 0.321. The van der Waals surface area contributed by atoms with Crippen molar-refractivity contribution in [2.45, 2.75) is 39.7 Å². The number of hydrogen-bond acceptors (Lipinski definition) is 5. The first-order valence-electron chi connectivity index (χ1n) is 12.1. The highest BCUT2D eigenvalue weighted by molar-refractivity contribution is 7.59. The highest BCUT2D eigenvalue weighted by Gasteiger charge is 2.20. The molecule has 0 atom stereocenters. The van der Waals surface area contributed by atoms with Crippen LogP contribution in [-0.4, -0.2) is 51.2 Å². The zero-order valence-corrected chi connectivity index (χ0v) is 22.1. The SMILES string of the molecule is C/C(=C\c1ccccc1)CN1CCC(Nc2nccn(-c3ccc(C(=O)O)cc3)c2=O)CC1.CC.S. The summed E-state index contributed by atoms with van der Waals surface area (Å²) in [7, 11) is 0. The van der Waals surface area contributed by atoms with Crippen LogP contribution in [0.5, 0.6) is 0 Å². The van der Waals surface area contributed by atoms with Crippen LogP contribution < -0.4 is 10.9 Å². The van der Waals surface area contributed by atoms with Crippen LogP contribution in [0.15, 0.2) is 77.4 Å². The number of anilines is 1. The minimum absolute atomic E-state index is 0. The van der Waals surface area contributed by atoms with Crippen molar-refractivity contribution in [3.8, 4) is 5.69 Å². The summed E-state index contributed by atoms with van der Waals surface area (Å²) in [6.07, 6.45) is 7.27. The number of carboxylic acids is 1. The van der Waals surface area contributed by atoms with Crippen molar-refractivity contribution in [2.75, 3.05) is 25.0 Å². The van der Waals surface area contributed by atoms with Crippen LogP contribution in [0, 0.1) is 0 Å². The second-order valence-electron chi connectivity index (χ2n) is 8.40. The highest BCUT2D eigenvalue weighted by atomic mass is 32.1. The lowest BCUT2D eigenvalue weighted by Crippen LogP contribution is -2.41. The van der Waals surface area contributed by atoms with Gasteiger partial charge in [-0.05, 0) is 49.6 Å². The first-order chi connectivity index (χ1) is 17.0. The molecule has 2 heterocycles. The molecule has 1 aliphatic rings. The van der Waals surface area contributed by atoms with Gasteiger partial charge in [-0.25, -0.2) is 9.78 Å². The van der Waals surface area contributed by atoms with Gasteiger partial charge in [0.1, 0.15) is 0 Å². The number of benzene rings is 2. The van der Waals surface area contributed by atoms with Crippen molar-refractivity contribution in [2.24, 2.45) is 0 Å². The van der Waals surface area contributed by atoms with E-state index in [-0.39, 0.29) is 30.7 Å². The van der Waals surface area contributed by atoms with E-state index < -0.39 is 5.97 Å². The fourth-order valence-electron chi connectivity index (χ4n) is 4.14. The quantitative estimate of drug-likeness (QED) is 0.464. The molecule has 2 N–H and O–H groups in total. The molecule has 0 amide bonds. The predicted molar refractivity (Wildman–Crippen MR) is 152 cm³/mol. The van der Waals surface area contributed by atoms with E-state index in [0.29, 0.717) is 11.5 Å². The number of rotatable bonds is 7. The summed E-state index contributed by atoms with van der Waals surface area (Å²) < 4.78 is 1.48. The van der Waals surface area contributed by atoms with Crippen molar-refractivity contribution < 1.29 is 9.90 Å². The van der Waals surface area contributed by atoms with Crippen LogP contribution >= 0.6 is 13.5 Å². The van der Waals surface area contributed by atoms with E-state index in [1.165, 1.54) is 27.8 Å². The maximum atomic E-state index is 12.9. The zero-order chi connectivity index (χ0) is 25.2. The summed E-state index contributed by atoms with van der Waals surface area (Å²) in [6, 6.07) is 16.8. The van der Waals surface area contributed by atoms with Gasteiger partial charge in [0.15, 0.2) is 5.82 Å². The molecule has 0 spiro atoms. The third kappa shape index (κ3) is 7.83. The van der Waals surface area contributed by atoms with E-state index in [9.17, 15) is 9.59 Å². The normalized spacial score (nSPS) is 14.2. The van der Waals surface area contributed by atoms with Gasteiger partial charge in [0, 0.05) is 43.8 Å². The summed E-state index contributed by atoms with van der Waals surface area (Å²) in [5, 5.41) is 12.4. The number of carboxylic acid groups (broad SMARTS) is 1. The van der Waals surface area contributed by atoms with Crippen LogP contribution in [0.4, 0.5) is 5.82 Å². The number of piperidine rings is 1. The van der Waals surface area contributed by atoms with Crippen molar-refractivity contribution in [3.05, 3.63) is 94.0 Å². The van der Waals surface area contributed by atoms with Gasteiger partial charge in [-0.2, -0.15) is 13.5 Å².